The van der Waals surface area contributed by atoms with E-state index in [4.69, 9.17) is 12.2 Å². The van der Waals surface area contributed by atoms with Crippen LogP contribution in [0.15, 0.2) is 91.3 Å². The number of rotatable bonds is 2. The molecule has 0 unspecified atom stereocenters. The molecule has 0 aliphatic heterocycles. The molecule has 0 aliphatic rings. The van der Waals surface area contributed by atoms with E-state index >= 15 is 0 Å². The van der Waals surface area contributed by atoms with Gasteiger partial charge < -0.3 is 5.11 Å². The van der Waals surface area contributed by atoms with E-state index in [-0.39, 0.29) is 5.76 Å². The second kappa shape index (κ2) is 6.07. The summed E-state index contributed by atoms with van der Waals surface area (Å²) in [4.78, 5) is 0. The third-order valence-corrected chi connectivity index (χ3v) is 5.09. The molecule has 0 saturated carbocycles. The van der Waals surface area contributed by atoms with Crippen LogP contribution in [0.4, 0.5) is 0 Å². The zero-order valence-corrected chi connectivity index (χ0v) is 15.1. The zero-order chi connectivity index (χ0) is 18.4. The van der Waals surface area contributed by atoms with Crippen LogP contribution in [-0.2, 0) is 0 Å². The van der Waals surface area contributed by atoms with E-state index in [9.17, 15) is 5.11 Å². The second-order valence-electron chi connectivity index (χ2n) is 6.31. The van der Waals surface area contributed by atoms with E-state index in [0.29, 0.717) is 15.6 Å². The van der Waals surface area contributed by atoms with Gasteiger partial charge in [-0.2, -0.15) is 8.97 Å². The van der Waals surface area contributed by atoms with Crippen LogP contribution in [0.25, 0.3) is 22.7 Å². The molecule has 0 N–H and O–H groups in total. The van der Waals surface area contributed by atoms with Crippen molar-refractivity contribution >= 4 is 29.3 Å². The Morgan fingerprint density at radius 2 is 1.56 bits per heavy atom. The van der Waals surface area contributed by atoms with Crippen LogP contribution in [0, 0.1) is 4.64 Å². The first-order valence-electron chi connectivity index (χ1n) is 8.64. The lowest BCUT2D eigenvalue weighted by Gasteiger charge is -2.09. The van der Waals surface area contributed by atoms with Crippen LogP contribution >= 0.6 is 12.2 Å². The molecule has 0 saturated heterocycles. The number of nitrogens with zero attached hydrogens (tertiary/aromatic N) is 3. The SMILES string of the molecule is [O-]/C(c1ccccc1)=c1\c(=S)n(-c2ccccc2)c2n3cccc3cc[n+]12. The molecule has 0 fully saturated rings. The van der Waals surface area contributed by atoms with Crippen molar-refractivity contribution in [3.8, 4) is 5.69 Å². The highest BCUT2D eigenvalue weighted by atomic mass is 32.1. The molecule has 0 spiro atoms. The minimum absolute atomic E-state index is 0.0863. The summed E-state index contributed by atoms with van der Waals surface area (Å²) >= 11 is 5.80. The maximum absolute atomic E-state index is 13.3. The van der Waals surface area contributed by atoms with Gasteiger partial charge in [0.05, 0.1) is 12.4 Å². The van der Waals surface area contributed by atoms with E-state index < -0.39 is 0 Å². The molecule has 0 aliphatic carbocycles. The van der Waals surface area contributed by atoms with Crippen LogP contribution in [0.5, 0.6) is 0 Å². The fourth-order valence-corrected chi connectivity index (χ4v) is 3.86. The van der Waals surface area contributed by atoms with Gasteiger partial charge in [-0.25, -0.2) is 4.40 Å². The maximum atomic E-state index is 13.3. The average molecular weight is 369 g/mol. The molecule has 0 atom stereocenters. The highest BCUT2D eigenvalue weighted by molar-refractivity contribution is 7.71. The third kappa shape index (κ3) is 2.36. The Balaban J connectivity index is 2.03. The molecule has 2 aromatic carbocycles. The first-order valence-corrected chi connectivity index (χ1v) is 9.05. The first-order chi connectivity index (χ1) is 13.3. The number of hydrogen-bond donors (Lipinski definition) is 0. The Morgan fingerprint density at radius 3 is 2.30 bits per heavy atom. The van der Waals surface area contributed by atoms with Crippen LogP contribution < -0.4 is 14.9 Å². The summed E-state index contributed by atoms with van der Waals surface area (Å²) < 4.78 is 6.39. The van der Waals surface area contributed by atoms with Crippen LogP contribution in [0.3, 0.4) is 0 Å². The molecule has 130 valence electrons. The molecule has 3 aromatic heterocycles. The lowest BCUT2D eigenvalue weighted by molar-refractivity contribution is -0.532. The molecule has 27 heavy (non-hydrogen) atoms. The second-order valence-corrected chi connectivity index (χ2v) is 6.70. The largest absolute Gasteiger partial charge is 0.870 e. The predicted molar refractivity (Wildman–Crippen MR) is 105 cm³/mol. The van der Waals surface area contributed by atoms with Crippen molar-refractivity contribution < 1.29 is 9.51 Å². The molecule has 3 heterocycles. The average Bonchev–Trinajstić information content (AvgIpc) is 3.30. The zero-order valence-electron chi connectivity index (χ0n) is 14.3. The highest BCUT2D eigenvalue weighted by Crippen LogP contribution is 2.14. The molecule has 5 heteroatoms. The predicted octanol–water partition coefficient (Wildman–Crippen LogP) is 2.43. The molecular weight excluding hydrogens is 354 g/mol. The summed E-state index contributed by atoms with van der Waals surface area (Å²) in [6, 6.07) is 25.1. The minimum atomic E-state index is -0.0863. The number of hydrogen-bond acceptors (Lipinski definition) is 2. The fraction of sp³-hybridized carbons (Fsp3) is 0. The summed E-state index contributed by atoms with van der Waals surface area (Å²) in [5.74, 6) is 0.741. The van der Waals surface area contributed by atoms with E-state index in [1.54, 1.807) is 0 Å². The standard InChI is InChI=1S/C22H15N3OS/c26-20(16-8-3-1-4-9-16)19-21(27)25(18-10-5-2-6-11-18)22-23-14-7-12-17(23)13-15-24(19)22/h1-15H. The van der Waals surface area contributed by atoms with Gasteiger partial charge in [-0.1, -0.05) is 54.3 Å². The Kier molecular flexibility index (Phi) is 3.55. The van der Waals surface area contributed by atoms with Gasteiger partial charge in [0.25, 0.3) is 0 Å². The van der Waals surface area contributed by atoms with Crippen LogP contribution in [0.1, 0.15) is 5.56 Å². The summed E-state index contributed by atoms with van der Waals surface area (Å²) in [5.41, 5.74) is 2.59. The number of para-hydroxylation sites is 1. The summed E-state index contributed by atoms with van der Waals surface area (Å²) in [6.45, 7) is 0. The molecule has 0 bridgehead atoms. The molecule has 5 aromatic rings. The third-order valence-electron chi connectivity index (χ3n) is 4.72. The van der Waals surface area contributed by atoms with E-state index in [0.717, 1.165) is 17.0 Å². The molecule has 4 nitrogen and oxygen atoms in total. The fourth-order valence-electron chi connectivity index (χ4n) is 3.48. The van der Waals surface area contributed by atoms with Crippen molar-refractivity contribution in [3.05, 3.63) is 107 Å². The van der Waals surface area contributed by atoms with Gasteiger partial charge in [0.2, 0.25) is 4.64 Å². The van der Waals surface area contributed by atoms with E-state index in [2.05, 4.69) is 0 Å². The lowest BCUT2D eigenvalue weighted by Crippen LogP contribution is -2.42. The quantitative estimate of drug-likeness (QED) is 0.354. The Morgan fingerprint density at radius 1 is 0.852 bits per heavy atom. The van der Waals surface area contributed by atoms with Gasteiger partial charge in [0.15, 0.2) is 5.35 Å². The monoisotopic (exact) mass is 369 g/mol. The normalized spacial score (nSPS) is 12.6. The van der Waals surface area contributed by atoms with Crippen LogP contribution in [0.2, 0.25) is 0 Å². The summed E-state index contributed by atoms with van der Waals surface area (Å²) in [6.07, 6.45) is 3.89. The van der Waals surface area contributed by atoms with Crippen LogP contribution in [-0.4, -0.2) is 8.97 Å². The van der Waals surface area contributed by atoms with Crippen molar-refractivity contribution in [2.45, 2.75) is 0 Å². The van der Waals surface area contributed by atoms with Gasteiger partial charge in [-0.15, -0.1) is 0 Å². The van der Waals surface area contributed by atoms with Gasteiger partial charge in [-0.05, 0) is 42.0 Å². The van der Waals surface area contributed by atoms with Gasteiger partial charge >= 0.3 is 5.78 Å². The number of fused-ring (bicyclic) bond motifs is 3. The van der Waals surface area contributed by atoms with Crippen molar-refractivity contribution in [1.29, 1.82) is 0 Å². The molecular formula is C22H15N3OS. The van der Waals surface area contributed by atoms with E-state index in [1.165, 1.54) is 0 Å². The maximum Gasteiger partial charge on any atom is 0.380 e. The topological polar surface area (TPSA) is 36.5 Å². The number of benzene rings is 2. The Labute approximate surface area is 160 Å². The smallest absolute Gasteiger partial charge is 0.380 e. The first kappa shape index (κ1) is 15.8. The minimum Gasteiger partial charge on any atom is -0.870 e. The highest BCUT2D eigenvalue weighted by Gasteiger charge is 2.20. The van der Waals surface area contributed by atoms with Crippen molar-refractivity contribution in [2.24, 2.45) is 0 Å². The summed E-state index contributed by atoms with van der Waals surface area (Å²) in [7, 11) is 0. The van der Waals surface area contributed by atoms with Crippen molar-refractivity contribution in [2.75, 3.05) is 0 Å². The lowest BCUT2D eigenvalue weighted by atomic mass is 10.2. The van der Waals surface area contributed by atoms with Crippen molar-refractivity contribution in [3.63, 3.8) is 0 Å². The molecule has 5 rings (SSSR count). The molecule has 0 radical (unpaired) electrons. The number of imidazole rings is 1. The Bertz CT molecular complexity index is 1390. The van der Waals surface area contributed by atoms with Gasteiger partial charge in [0.1, 0.15) is 11.2 Å². The van der Waals surface area contributed by atoms with Gasteiger partial charge in [-0.3, -0.25) is 0 Å². The Hall–Kier alpha value is -3.44. The van der Waals surface area contributed by atoms with Crippen molar-refractivity contribution in [1.82, 2.24) is 8.97 Å². The number of aromatic nitrogens is 3. The molecule has 0 amide bonds. The van der Waals surface area contributed by atoms with Gasteiger partial charge in [0, 0.05) is 6.07 Å². The summed E-state index contributed by atoms with van der Waals surface area (Å²) in [5, 5.41) is 13.8. The van der Waals surface area contributed by atoms with E-state index in [1.807, 2.05) is 105 Å².